The van der Waals surface area contributed by atoms with Crippen molar-refractivity contribution in [3.63, 3.8) is 0 Å². The van der Waals surface area contributed by atoms with Crippen molar-refractivity contribution in [1.29, 1.82) is 0 Å². The lowest BCUT2D eigenvalue weighted by Gasteiger charge is -2.10. The largest absolute Gasteiger partial charge is 0.389 e. The fourth-order valence-electron chi connectivity index (χ4n) is 1.64. The number of hydrogen-bond acceptors (Lipinski definition) is 2. The van der Waals surface area contributed by atoms with Crippen LogP contribution in [0.1, 0.15) is 24.1 Å². The highest BCUT2D eigenvalue weighted by Crippen LogP contribution is 2.30. The van der Waals surface area contributed by atoms with Crippen LogP contribution in [0.2, 0.25) is 0 Å². The Morgan fingerprint density at radius 2 is 2.27 bits per heavy atom. The minimum atomic E-state index is -0.0469. The van der Waals surface area contributed by atoms with Crippen molar-refractivity contribution in [3.05, 3.63) is 33.7 Å². The van der Waals surface area contributed by atoms with Gasteiger partial charge in [0.1, 0.15) is 4.99 Å². The first-order chi connectivity index (χ1) is 7.09. The minimum Gasteiger partial charge on any atom is -0.389 e. The van der Waals surface area contributed by atoms with Crippen molar-refractivity contribution in [2.24, 2.45) is 11.7 Å². The molecule has 4 heteroatoms. The van der Waals surface area contributed by atoms with E-state index in [-0.39, 0.29) is 10.5 Å². The van der Waals surface area contributed by atoms with Gasteiger partial charge in [-0.3, -0.25) is 4.79 Å². The van der Waals surface area contributed by atoms with Gasteiger partial charge in [0.2, 0.25) is 0 Å². The molecule has 2 N–H and O–H groups in total. The summed E-state index contributed by atoms with van der Waals surface area (Å²) in [5, 5.41) is 0. The molecule has 1 fully saturated rings. The van der Waals surface area contributed by atoms with Crippen molar-refractivity contribution in [2.45, 2.75) is 26.3 Å². The van der Waals surface area contributed by atoms with Crippen molar-refractivity contribution < 1.29 is 0 Å². The Kier molecular flexibility index (Phi) is 2.61. The van der Waals surface area contributed by atoms with Crippen LogP contribution in [0.4, 0.5) is 0 Å². The number of aryl methyl sites for hydroxylation is 1. The predicted octanol–water partition coefficient (Wildman–Crippen LogP) is 1.20. The van der Waals surface area contributed by atoms with E-state index in [1.807, 2.05) is 13.0 Å². The van der Waals surface area contributed by atoms with Crippen LogP contribution in [-0.2, 0) is 6.54 Å². The van der Waals surface area contributed by atoms with Crippen LogP contribution in [0.15, 0.2) is 16.9 Å². The molecule has 1 aliphatic carbocycles. The maximum absolute atomic E-state index is 12.0. The van der Waals surface area contributed by atoms with Gasteiger partial charge in [-0.2, -0.15) is 0 Å². The number of hydrogen-bond donors (Lipinski definition) is 1. The van der Waals surface area contributed by atoms with E-state index in [0.717, 1.165) is 12.2 Å². The summed E-state index contributed by atoms with van der Waals surface area (Å²) in [6.07, 6.45) is 2.45. The minimum absolute atomic E-state index is 0.0469. The van der Waals surface area contributed by atoms with E-state index in [9.17, 15) is 4.79 Å². The average Bonchev–Trinajstić information content (AvgIpc) is 2.95. The predicted molar refractivity (Wildman–Crippen MR) is 64.1 cm³/mol. The molecule has 0 bridgehead atoms. The third kappa shape index (κ3) is 2.09. The van der Waals surface area contributed by atoms with Crippen molar-refractivity contribution in [2.75, 3.05) is 0 Å². The first-order valence-corrected chi connectivity index (χ1v) is 5.50. The highest BCUT2D eigenvalue weighted by atomic mass is 32.1. The average molecular weight is 222 g/mol. The van der Waals surface area contributed by atoms with Gasteiger partial charge in [0.15, 0.2) is 0 Å². The second-order valence-electron chi connectivity index (χ2n) is 4.11. The van der Waals surface area contributed by atoms with E-state index < -0.39 is 0 Å². The second-order valence-corrected chi connectivity index (χ2v) is 4.55. The molecule has 1 aliphatic rings. The third-order valence-corrected chi connectivity index (χ3v) is 3.02. The SMILES string of the molecule is Cc1ccc(C(N)=S)c(=O)n1CC1CC1. The van der Waals surface area contributed by atoms with E-state index in [1.165, 1.54) is 12.8 Å². The molecule has 1 heterocycles. The van der Waals surface area contributed by atoms with Gasteiger partial charge in [0.05, 0.1) is 5.56 Å². The zero-order valence-corrected chi connectivity index (χ0v) is 9.51. The van der Waals surface area contributed by atoms with Crippen LogP contribution in [0.5, 0.6) is 0 Å². The van der Waals surface area contributed by atoms with E-state index >= 15 is 0 Å². The zero-order valence-electron chi connectivity index (χ0n) is 8.69. The molecule has 0 aromatic carbocycles. The number of nitrogens with two attached hydrogens (primary N) is 1. The topological polar surface area (TPSA) is 48.0 Å². The number of rotatable bonds is 3. The Labute approximate surface area is 93.9 Å². The van der Waals surface area contributed by atoms with Gasteiger partial charge < -0.3 is 10.3 Å². The van der Waals surface area contributed by atoms with E-state index in [1.54, 1.807) is 10.6 Å². The molecular weight excluding hydrogens is 208 g/mol. The fourth-order valence-corrected chi connectivity index (χ4v) is 1.80. The second kappa shape index (κ2) is 3.77. The van der Waals surface area contributed by atoms with E-state index in [4.69, 9.17) is 18.0 Å². The maximum atomic E-state index is 12.0. The smallest absolute Gasteiger partial charge is 0.260 e. The molecule has 0 aliphatic heterocycles. The number of nitrogens with zero attached hydrogens (tertiary/aromatic N) is 1. The first kappa shape index (κ1) is 10.4. The lowest BCUT2D eigenvalue weighted by molar-refractivity contribution is 0.591. The van der Waals surface area contributed by atoms with Gasteiger partial charge in [0.25, 0.3) is 5.56 Å². The summed E-state index contributed by atoms with van der Waals surface area (Å²) >= 11 is 4.85. The molecule has 3 nitrogen and oxygen atoms in total. The molecule has 1 aromatic rings. The highest BCUT2D eigenvalue weighted by Gasteiger charge is 2.23. The molecule has 80 valence electrons. The maximum Gasteiger partial charge on any atom is 0.260 e. The lowest BCUT2D eigenvalue weighted by Crippen LogP contribution is -2.30. The summed E-state index contributed by atoms with van der Waals surface area (Å²) in [6, 6.07) is 3.61. The molecule has 1 saturated carbocycles. The van der Waals surface area contributed by atoms with E-state index in [2.05, 4.69) is 0 Å². The molecule has 0 spiro atoms. The van der Waals surface area contributed by atoms with Crippen LogP contribution < -0.4 is 11.3 Å². The van der Waals surface area contributed by atoms with Crippen molar-refractivity contribution in [3.8, 4) is 0 Å². The van der Waals surface area contributed by atoms with Crippen molar-refractivity contribution >= 4 is 17.2 Å². The normalized spacial score (nSPS) is 15.3. The first-order valence-electron chi connectivity index (χ1n) is 5.10. The Morgan fingerprint density at radius 1 is 1.60 bits per heavy atom. The molecule has 0 atom stereocenters. The molecule has 0 amide bonds. The summed E-state index contributed by atoms with van der Waals surface area (Å²) in [6.45, 7) is 2.74. The Hall–Kier alpha value is -1.16. The van der Waals surface area contributed by atoms with Gasteiger partial charge in [-0.05, 0) is 37.8 Å². The van der Waals surface area contributed by atoms with Crippen LogP contribution >= 0.6 is 12.2 Å². The van der Waals surface area contributed by atoms with Gasteiger partial charge in [-0.25, -0.2) is 0 Å². The summed E-state index contributed by atoms with van der Waals surface area (Å²) in [4.78, 5) is 12.2. The molecule has 2 rings (SSSR count). The third-order valence-electron chi connectivity index (χ3n) is 2.80. The Morgan fingerprint density at radius 3 is 2.80 bits per heavy atom. The number of aromatic nitrogens is 1. The Bertz CT molecular complexity index is 460. The summed E-state index contributed by atoms with van der Waals surface area (Å²) in [7, 11) is 0. The van der Waals surface area contributed by atoms with Crippen LogP contribution in [0.25, 0.3) is 0 Å². The van der Waals surface area contributed by atoms with Gasteiger partial charge >= 0.3 is 0 Å². The lowest BCUT2D eigenvalue weighted by atomic mass is 10.2. The number of pyridine rings is 1. The van der Waals surface area contributed by atoms with Gasteiger partial charge in [-0.1, -0.05) is 12.2 Å². The number of thiocarbonyl (C=S) groups is 1. The molecular formula is C11H14N2OS. The van der Waals surface area contributed by atoms with Gasteiger partial charge in [0, 0.05) is 12.2 Å². The fraction of sp³-hybridized carbons (Fsp3) is 0.455. The summed E-state index contributed by atoms with van der Waals surface area (Å²) in [5.41, 5.74) is 6.88. The zero-order chi connectivity index (χ0) is 11.0. The monoisotopic (exact) mass is 222 g/mol. The van der Waals surface area contributed by atoms with Crippen molar-refractivity contribution in [1.82, 2.24) is 4.57 Å². The highest BCUT2D eigenvalue weighted by molar-refractivity contribution is 7.80. The quantitative estimate of drug-likeness (QED) is 0.782. The molecule has 15 heavy (non-hydrogen) atoms. The van der Waals surface area contributed by atoms with E-state index in [0.29, 0.717) is 11.5 Å². The molecule has 0 radical (unpaired) electrons. The standard InChI is InChI=1S/C11H14N2OS/c1-7-2-5-9(10(12)15)11(14)13(7)6-8-3-4-8/h2,5,8H,3-4,6H2,1H3,(H2,12,15). The Balaban J connectivity index is 2.45. The van der Waals surface area contributed by atoms with Crippen LogP contribution in [-0.4, -0.2) is 9.56 Å². The summed E-state index contributed by atoms with van der Waals surface area (Å²) in [5.74, 6) is 0.669. The van der Waals surface area contributed by atoms with Crippen LogP contribution in [0.3, 0.4) is 0 Å². The van der Waals surface area contributed by atoms with Gasteiger partial charge in [-0.15, -0.1) is 0 Å². The molecule has 0 unspecified atom stereocenters. The van der Waals surface area contributed by atoms with Crippen LogP contribution in [0, 0.1) is 12.8 Å². The summed E-state index contributed by atoms with van der Waals surface area (Å²) < 4.78 is 1.78. The molecule has 1 aromatic heterocycles. The molecule has 0 saturated heterocycles.